The van der Waals surface area contributed by atoms with Crippen molar-refractivity contribution in [2.75, 3.05) is 10.0 Å². The molecule has 0 unspecified atom stereocenters. The molecule has 0 aliphatic heterocycles. The molecule has 0 saturated heterocycles. The van der Waals surface area contributed by atoms with Gasteiger partial charge in [0, 0.05) is 29.6 Å². The van der Waals surface area contributed by atoms with Crippen molar-refractivity contribution >= 4 is 38.9 Å². The summed E-state index contributed by atoms with van der Waals surface area (Å²) < 4.78 is 28.7. The fourth-order valence-corrected chi connectivity index (χ4v) is 3.43. The van der Waals surface area contributed by atoms with Crippen molar-refractivity contribution in [1.29, 1.82) is 0 Å². The number of halogens is 1. The second kappa shape index (κ2) is 7.19. The van der Waals surface area contributed by atoms with Gasteiger partial charge in [0.05, 0.1) is 4.90 Å². The van der Waals surface area contributed by atoms with Gasteiger partial charge in [-0.25, -0.2) is 8.42 Å². The largest absolute Gasteiger partial charge is 0.321 e. The Balaban J connectivity index is 1.73. The number of hydrogen-bond donors (Lipinski definition) is 2. The summed E-state index contributed by atoms with van der Waals surface area (Å²) in [5, 5.41) is 7.14. The van der Waals surface area contributed by atoms with Gasteiger partial charge in [-0.05, 0) is 54.6 Å². The molecule has 0 fully saturated rings. The van der Waals surface area contributed by atoms with Crippen molar-refractivity contribution in [3.63, 3.8) is 0 Å². The quantitative estimate of drug-likeness (QED) is 0.699. The molecule has 0 saturated carbocycles. The predicted octanol–water partition coefficient (Wildman–Crippen LogP) is 3.13. The summed E-state index contributed by atoms with van der Waals surface area (Å²) in [5.74, 6) is -0.333. The SMILES string of the molecule is Cn1nccc1C(=O)Nc1ccc(S(=O)(=O)Nc2ccc(Cl)cc2)cc1. The fraction of sp³-hybridized carbons (Fsp3) is 0.0588. The van der Waals surface area contributed by atoms with E-state index < -0.39 is 10.0 Å². The van der Waals surface area contributed by atoms with Crippen LogP contribution < -0.4 is 10.0 Å². The summed E-state index contributed by atoms with van der Waals surface area (Å²) in [7, 11) is -2.08. The molecule has 134 valence electrons. The Morgan fingerprint density at radius 3 is 2.19 bits per heavy atom. The van der Waals surface area contributed by atoms with E-state index >= 15 is 0 Å². The molecule has 26 heavy (non-hydrogen) atoms. The maximum absolute atomic E-state index is 12.4. The highest BCUT2D eigenvalue weighted by molar-refractivity contribution is 7.92. The molecule has 9 heteroatoms. The van der Waals surface area contributed by atoms with Crippen molar-refractivity contribution in [1.82, 2.24) is 9.78 Å². The average molecular weight is 391 g/mol. The van der Waals surface area contributed by atoms with Gasteiger partial charge in [-0.2, -0.15) is 5.10 Å². The van der Waals surface area contributed by atoms with Gasteiger partial charge >= 0.3 is 0 Å². The van der Waals surface area contributed by atoms with Crippen LogP contribution in [0.3, 0.4) is 0 Å². The molecule has 3 aromatic rings. The topological polar surface area (TPSA) is 93.1 Å². The van der Waals surface area contributed by atoms with E-state index in [0.29, 0.717) is 22.1 Å². The summed E-state index contributed by atoms with van der Waals surface area (Å²) in [6, 6.07) is 13.8. The highest BCUT2D eigenvalue weighted by atomic mass is 35.5. The molecule has 0 radical (unpaired) electrons. The first-order valence-corrected chi connectivity index (χ1v) is 9.39. The van der Waals surface area contributed by atoms with Crippen LogP contribution in [0.4, 0.5) is 11.4 Å². The van der Waals surface area contributed by atoms with E-state index in [1.54, 1.807) is 37.4 Å². The minimum Gasteiger partial charge on any atom is -0.321 e. The molecule has 3 rings (SSSR count). The van der Waals surface area contributed by atoms with Crippen LogP contribution in [0.1, 0.15) is 10.5 Å². The maximum Gasteiger partial charge on any atom is 0.273 e. The van der Waals surface area contributed by atoms with Crippen LogP contribution >= 0.6 is 11.6 Å². The molecule has 1 heterocycles. The van der Waals surface area contributed by atoms with Crippen LogP contribution in [0.25, 0.3) is 0 Å². The Labute approximate surface area is 155 Å². The predicted molar refractivity (Wildman–Crippen MR) is 99.9 cm³/mol. The number of carbonyl (C=O) groups is 1. The second-order valence-electron chi connectivity index (χ2n) is 5.43. The molecule has 0 bridgehead atoms. The third-order valence-electron chi connectivity index (χ3n) is 3.57. The monoisotopic (exact) mass is 390 g/mol. The Hall–Kier alpha value is -2.84. The molecule has 0 aliphatic rings. The van der Waals surface area contributed by atoms with Crippen LogP contribution in [-0.4, -0.2) is 24.1 Å². The fourth-order valence-electron chi connectivity index (χ4n) is 2.24. The smallest absolute Gasteiger partial charge is 0.273 e. The molecule has 2 aromatic carbocycles. The number of amides is 1. The summed E-state index contributed by atoms with van der Waals surface area (Å²) in [4.78, 5) is 12.2. The zero-order chi connectivity index (χ0) is 18.7. The van der Waals surface area contributed by atoms with E-state index in [9.17, 15) is 13.2 Å². The summed E-state index contributed by atoms with van der Waals surface area (Å²) in [6.45, 7) is 0. The Morgan fingerprint density at radius 2 is 1.62 bits per heavy atom. The van der Waals surface area contributed by atoms with Crippen molar-refractivity contribution in [2.45, 2.75) is 4.90 Å². The van der Waals surface area contributed by atoms with E-state index in [2.05, 4.69) is 15.1 Å². The number of sulfonamides is 1. The number of benzene rings is 2. The van der Waals surface area contributed by atoms with Gasteiger partial charge in [-0.15, -0.1) is 0 Å². The van der Waals surface area contributed by atoms with Crippen LogP contribution in [0.5, 0.6) is 0 Å². The molecule has 7 nitrogen and oxygen atoms in total. The normalized spacial score (nSPS) is 11.2. The average Bonchev–Trinajstić information content (AvgIpc) is 3.03. The number of nitrogens with one attached hydrogen (secondary N) is 2. The van der Waals surface area contributed by atoms with Crippen LogP contribution in [0, 0.1) is 0 Å². The van der Waals surface area contributed by atoms with E-state index in [1.165, 1.54) is 35.1 Å². The van der Waals surface area contributed by atoms with Gasteiger partial charge in [-0.1, -0.05) is 11.6 Å². The third-order valence-corrected chi connectivity index (χ3v) is 5.22. The van der Waals surface area contributed by atoms with Crippen molar-refractivity contribution in [3.05, 3.63) is 71.5 Å². The van der Waals surface area contributed by atoms with Crippen molar-refractivity contribution < 1.29 is 13.2 Å². The lowest BCUT2D eigenvalue weighted by atomic mass is 10.3. The van der Waals surface area contributed by atoms with Gasteiger partial charge in [-0.3, -0.25) is 14.2 Å². The highest BCUT2D eigenvalue weighted by Crippen LogP contribution is 2.20. The second-order valence-corrected chi connectivity index (χ2v) is 7.55. The van der Waals surface area contributed by atoms with E-state index in [4.69, 9.17) is 11.6 Å². The number of aryl methyl sites for hydroxylation is 1. The number of nitrogens with zero attached hydrogens (tertiary/aromatic N) is 2. The maximum atomic E-state index is 12.4. The summed E-state index contributed by atoms with van der Waals surface area (Å²) in [5.41, 5.74) is 1.27. The number of aromatic nitrogens is 2. The first kappa shape index (κ1) is 18.0. The molecular formula is C17H15ClN4O3S. The lowest BCUT2D eigenvalue weighted by Gasteiger charge is -2.09. The van der Waals surface area contributed by atoms with E-state index in [1.807, 2.05) is 0 Å². The Morgan fingerprint density at radius 1 is 1.00 bits per heavy atom. The van der Waals surface area contributed by atoms with Gasteiger partial charge in [0.25, 0.3) is 15.9 Å². The van der Waals surface area contributed by atoms with Gasteiger partial charge < -0.3 is 5.32 Å². The number of carbonyl (C=O) groups excluding carboxylic acids is 1. The zero-order valence-corrected chi connectivity index (χ0v) is 15.3. The summed E-state index contributed by atoms with van der Waals surface area (Å²) >= 11 is 5.79. The first-order chi connectivity index (χ1) is 12.3. The molecular weight excluding hydrogens is 376 g/mol. The van der Waals surface area contributed by atoms with Crippen LogP contribution in [0.2, 0.25) is 5.02 Å². The van der Waals surface area contributed by atoms with Crippen LogP contribution in [-0.2, 0) is 17.1 Å². The van der Waals surface area contributed by atoms with E-state index in [-0.39, 0.29) is 10.8 Å². The molecule has 0 atom stereocenters. The van der Waals surface area contributed by atoms with Crippen molar-refractivity contribution in [3.8, 4) is 0 Å². The summed E-state index contributed by atoms with van der Waals surface area (Å²) in [6.07, 6.45) is 1.52. The molecule has 2 N–H and O–H groups in total. The highest BCUT2D eigenvalue weighted by Gasteiger charge is 2.15. The Bertz CT molecular complexity index is 1030. The minimum atomic E-state index is -3.74. The van der Waals surface area contributed by atoms with Gasteiger partial charge in [0.1, 0.15) is 5.69 Å². The number of anilines is 2. The Kier molecular flexibility index (Phi) is 4.97. The lowest BCUT2D eigenvalue weighted by Crippen LogP contribution is -2.16. The molecule has 1 aromatic heterocycles. The lowest BCUT2D eigenvalue weighted by molar-refractivity contribution is 0.101. The molecule has 0 spiro atoms. The molecule has 1 amide bonds. The first-order valence-electron chi connectivity index (χ1n) is 7.53. The van der Waals surface area contributed by atoms with Gasteiger partial charge in [0.2, 0.25) is 0 Å². The third kappa shape index (κ3) is 4.04. The van der Waals surface area contributed by atoms with Gasteiger partial charge in [0.15, 0.2) is 0 Å². The minimum absolute atomic E-state index is 0.0750. The number of rotatable bonds is 5. The number of hydrogen-bond acceptors (Lipinski definition) is 4. The van der Waals surface area contributed by atoms with E-state index in [0.717, 1.165) is 0 Å². The zero-order valence-electron chi connectivity index (χ0n) is 13.7. The standard InChI is InChI=1S/C17H15ClN4O3S/c1-22-16(10-11-19-22)17(23)20-13-6-8-15(9-7-13)26(24,25)21-14-4-2-12(18)3-5-14/h2-11,21H,1H3,(H,20,23). The van der Waals surface area contributed by atoms with Crippen molar-refractivity contribution in [2.24, 2.45) is 7.05 Å². The molecule has 0 aliphatic carbocycles. The van der Waals surface area contributed by atoms with Crippen LogP contribution in [0.15, 0.2) is 65.7 Å².